The zero-order valence-electron chi connectivity index (χ0n) is 74.4. The predicted molar refractivity (Wildman–Crippen MR) is 471 cm³/mol. The van der Waals surface area contributed by atoms with Crippen LogP contribution < -0.4 is 33.2 Å². The highest BCUT2D eigenvalue weighted by Gasteiger charge is 2.34. The molecule has 0 aliphatic carbocycles. The second kappa shape index (κ2) is 52.7. The summed E-state index contributed by atoms with van der Waals surface area (Å²) in [7, 11) is 0. The number of imide groups is 1. The molecular weight excluding hydrogens is 1640 g/mol. The highest BCUT2D eigenvalue weighted by atomic mass is 16.7. The van der Waals surface area contributed by atoms with Gasteiger partial charge in [0.1, 0.15) is 17.2 Å². The Labute approximate surface area is 736 Å². The van der Waals surface area contributed by atoms with Crippen molar-refractivity contribution >= 4 is 106 Å². The molecule has 4 aromatic carbocycles. The standard InChI is InChI=1S/C42H63N7O10.C26H37N3O3.C20H31N5O10/c1-29-23-31(11-13-33(29)43)32-12-14-34(30(2)24-32)45-41(58)35(9-7-6-8-10-40(57)59-42(3,4)5)44-36(50)25-46-15-17-47(26-37(51)52)19-21-49(28-39(55)56)22-20-48(18-16-46)27-38(53)54;1-17-15-19(11-13-21(17)27)20-12-14-23(18(2)16-20)29-25(31)22(28)9-7-6-8-10-24(30)32-26(3,4)5;26-15-1-2-16(27)25(15)35-20(34)14-24-9-7-22(12-18(30)31)5-3-21(11-17(28)29)4-6-23(8-10-24)13-19(32)33/h11-14,23-24,35H,6-10,15-22,25-28,43H2,1-5H3,(H,44,50)(H,45,58)(H,51,52)(H,53,54)(H,55,56);11-16,22H,6-10,27-28H2,1-5H3,(H,29,31);1-14H2,(H,28,29)(H,30,31)(H,32,33)/t35-;22-;/m00./s1. The number of nitrogens with one attached hydrogen (secondary N) is 3. The summed E-state index contributed by atoms with van der Waals surface area (Å²) in [5.74, 6) is -9.94. The van der Waals surface area contributed by atoms with Crippen LogP contribution in [0.1, 0.15) is 141 Å². The van der Waals surface area contributed by atoms with Crippen molar-refractivity contribution in [3.05, 3.63) is 95.1 Å². The van der Waals surface area contributed by atoms with Crippen LogP contribution in [0.4, 0.5) is 22.7 Å². The van der Waals surface area contributed by atoms with Crippen LogP contribution in [0.5, 0.6) is 0 Å². The van der Waals surface area contributed by atoms with Gasteiger partial charge in [-0.3, -0.25) is 102 Å². The molecule has 0 spiro atoms. The molecule has 3 aliphatic heterocycles. The number of hydrogen-bond donors (Lipinski definition) is 12. The Morgan fingerprint density at radius 3 is 0.960 bits per heavy atom. The number of hydrogen-bond acceptors (Lipinski definition) is 28. The van der Waals surface area contributed by atoms with Gasteiger partial charge < -0.3 is 78.1 Å². The Hall–Kier alpha value is -11.1. The number of amides is 5. The van der Waals surface area contributed by atoms with Crippen LogP contribution in [0.15, 0.2) is 72.8 Å². The number of carbonyl (C=O) groups excluding carboxylic acids is 8. The summed E-state index contributed by atoms with van der Waals surface area (Å²) in [6.07, 6.45) is 5.43. The van der Waals surface area contributed by atoms with Gasteiger partial charge in [0.05, 0.1) is 58.4 Å². The van der Waals surface area contributed by atoms with Crippen LogP contribution in [-0.2, 0) is 81.4 Å². The van der Waals surface area contributed by atoms with Crippen LogP contribution in [0.2, 0.25) is 0 Å². The van der Waals surface area contributed by atoms with E-state index >= 15 is 0 Å². The zero-order valence-corrected chi connectivity index (χ0v) is 74.4. The third-order valence-corrected chi connectivity index (χ3v) is 20.7. The number of nitrogen functional groups attached to an aromatic ring is 2. The average Bonchev–Trinajstić information content (AvgIpc) is 1.11. The molecule has 3 aliphatic rings. The summed E-state index contributed by atoms with van der Waals surface area (Å²) in [5, 5.41) is 65.5. The number of carboxylic acid groups (broad SMARTS) is 6. The molecule has 696 valence electrons. The van der Waals surface area contributed by atoms with Gasteiger partial charge in [-0.1, -0.05) is 49.9 Å². The van der Waals surface area contributed by atoms with Gasteiger partial charge in [-0.2, -0.15) is 0 Å². The van der Waals surface area contributed by atoms with Crippen LogP contribution in [-0.4, -0.2) is 339 Å². The number of carboxylic acids is 6. The molecule has 126 heavy (non-hydrogen) atoms. The first-order valence-electron chi connectivity index (χ1n) is 42.5. The van der Waals surface area contributed by atoms with E-state index in [4.69, 9.17) is 31.5 Å². The third kappa shape index (κ3) is 41.8. The maximum atomic E-state index is 13.9. The van der Waals surface area contributed by atoms with E-state index in [0.29, 0.717) is 55.0 Å². The zero-order chi connectivity index (χ0) is 93.5. The first-order valence-corrected chi connectivity index (χ1v) is 42.5. The number of aliphatic carboxylic acids is 6. The predicted octanol–water partition coefficient (Wildman–Crippen LogP) is 4.92. The molecule has 0 aromatic heterocycles. The third-order valence-electron chi connectivity index (χ3n) is 20.7. The number of carbonyl (C=O) groups is 14. The fourth-order valence-electron chi connectivity index (χ4n) is 13.9. The molecule has 4 aromatic rings. The molecule has 3 fully saturated rings. The molecular formula is C88H131N15O23. The lowest BCUT2D eigenvalue weighted by molar-refractivity contribution is -0.198. The minimum Gasteiger partial charge on any atom is -0.480 e. The molecule has 3 heterocycles. The van der Waals surface area contributed by atoms with Gasteiger partial charge in [-0.05, 0) is 188 Å². The van der Waals surface area contributed by atoms with E-state index in [9.17, 15) is 97.8 Å². The van der Waals surface area contributed by atoms with Crippen molar-refractivity contribution in [2.45, 2.75) is 170 Å². The number of aryl methyl sites for hydroxylation is 4. The molecule has 0 unspecified atom stereocenters. The van der Waals surface area contributed by atoms with Crippen molar-refractivity contribution in [2.24, 2.45) is 5.73 Å². The fraction of sp³-hybridized carbons (Fsp3) is 0.568. The van der Waals surface area contributed by atoms with E-state index in [1.807, 2.05) is 115 Å². The lowest BCUT2D eigenvalue weighted by atomic mass is 10.00. The van der Waals surface area contributed by atoms with E-state index in [-0.39, 0.29) is 194 Å². The number of esters is 2. The topological polar surface area (TPSA) is 531 Å². The Balaban J connectivity index is 0.000000359. The van der Waals surface area contributed by atoms with Crippen molar-refractivity contribution in [2.75, 3.05) is 179 Å². The number of benzene rings is 4. The Bertz CT molecular complexity index is 4280. The molecule has 2 atom stereocenters. The van der Waals surface area contributed by atoms with Crippen LogP contribution >= 0.6 is 0 Å². The second-order valence-corrected chi connectivity index (χ2v) is 33.9. The highest BCUT2D eigenvalue weighted by molar-refractivity contribution is 6.02. The summed E-state index contributed by atoms with van der Waals surface area (Å²) < 4.78 is 10.7. The quantitative estimate of drug-likeness (QED) is 0.0124. The lowest BCUT2D eigenvalue weighted by Gasteiger charge is -2.33. The fourth-order valence-corrected chi connectivity index (χ4v) is 13.9. The average molecular weight is 1770 g/mol. The summed E-state index contributed by atoms with van der Waals surface area (Å²) >= 11 is 0. The smallest absolute Gasteiger partial charge is 0.347 e. The lowest BCUT2D eigenvalue weighted by Crippen LogP contribution is -2.51. The first kappa shape index (κ1) is 105. The first-order chi connectivity index (χ1) is 59.3. The Morgan fingerprint density at radius 2 is 0.659 bits per heavy atom. The number of nitrogens with zero attached hydrogens (tertiary/aromatic N) is 9. The molecule has 0 bridgehead atoms. The number of hydroxylamine groups is 2. The summed E-state index contributed by atoms with van der Waals surface area (Å²) in [5.41, 5.74) is 27.6. The molecule has 15 N–H and O–H groups in total. The van der Waals surface area contributed by atoms with Gasteiger partial charge in [0, 0.05) is 153 Å². The molecule has 0 saturated carbocycles. The molecule has 38 heteroatoms. The van der Waals surface area contributed by atoms with E-state index in [1.165, 1.54) is 0 Å². The second-order valence-electron chi connectivity index (χ2n) is 33.9. The van der Waals surface area contributed by atoms with Crippen LogP contribution in [0.25, 0.3) is 22.3 Å². The van der Waals surface area contributed by atoms with Gasteiger partial charge >= 0.3 is 53.7 Å². The van der Waals surface area contributed by atoms with E-state index in [2.05, 4.69) is 22.0 Å². The van der Waals surface area contributed by atoms with Crippen LogP contribution in [0.3, 0.4) is 0 Å². The van der Waals surface area contributed by atoms with Crippen LogP contribution in [0, 0.1) is 27.7 Å². The van der Waals surface area contributed by atoms with Crippen molar-refractivity contribution in [3.63, 3.8) is 0 Å². The number of nitrogens with two attached hydrogens (primary N) is 3. The number of unbranched alkanes of at least 4 members (excludes halogenated alkanes) is 4. The minimum atomic E-state index is -1.06. The number of ether oxygens (including phenoxy) is 2. The van der Waals surface area contributed by atoms with E-state index in [0.717, 1.165) is 75.1 Å². The van der Waals surface area contributed by atoms with Crippen molar-refractivity contribution in [1.82, 2.24) is 49.6 Å². The Kier molecular flexibility index (Phi) is 44.1. The highest BCUT2D eigenvalue weighted by Crippen LogP contribution is 2.30. The summed E-state index contributed by atoms with van der Waals surface area (Å²) in [6, 6.07) is 21.8. The maximum Gasteiger partial charge on any atom is 0.347 e. The summed E-state index contributed by atoms with van der Waals surface area (Å²) in [4.78, 5) is 187. The SMILES string of the molecule is Cc1cc(-c2ccc(NC(=O)[C@@H](N)CCCCCC(=O)OC(C)(C)C)c(C)c2)ccc1N.Cc1cc(-c2ccc(NC(=O)[C@H](CCCCCC(=O)OC(C)(C)C)NC(=O)CN3CCN(CC(=O)O)CCN(CC(=O)O)CCN(CC(=O)O)CC3)c(C)c2)ccc1N.O=C(O)CN1CCN(CC(=O)O)CCN(CC(=O)ON2C(=O)CCC2=O)CCN(CC(=O)O)CC1. The maximum absolute atomic E-state index is 13.9. The van der Waals surface area contributed by atoms with Gasteiger partial charge in [0.15, 0.2) is 0 Å². The largest absolute Gasteiger partial charge is 0.480 e. The molecule has 38 nitrogen and oxygen atoms in total. The van der Waals surface area contributed by atoms with Crippen molar-refractivity contribution in [1.29, 1.82) is 0 Å². The van der Waals surface area contributed by atoms with Gasteiger partial charge in [0.2, 0.25) is 17.7 Å². The Morgan fingerprint density at radius 1 is 0.373 bits per heavy atom. The van der Waals surface area contributed by atoms with Gasteiger partial charge in [0.25, 0.3) is 11.8 Å². The number of anilines is 4. The molecule has 5 amide bonds. The van der Waals surface area contributed by atoms with Crippen molar-refractivity contribution in [3.8, 4) is 22.3 Å². The van der Waals surface area contributed by atoms with Gasteiger partial charge in [-0.15, -0.1) is 5.06 Å². The van der Waals surface area contributed by atoms with Crippen molar-refractivity contribution < 1.29 is 112 Å². The molecule has 7 rings (SSSR count). The number of rotatable bonds is 36. The molecule has 3 saturated heterocycles. The monoisotopic (exact) mass is 1770 g/mol. The minimum absolute atomic E-state index is 0.0387. The molecule has 0 radical (unpaired) electrons. The normalized spacial score (nSPS) is 16.2. The van der Waals surface area contributed by atoms with E-state index in [1.54, 1.807) is 60.0 Å². The summed E-state index contributed by atoms with van der Waals surface area (Å²) in [6.45, 7) is 20.4. The van der Waals surface area contributed by atoms with E-state index < -0.39 is 88.7 Å². The van der Waals surface area contributed by atoms with Gasteiger partial charge in [-0.25, -0.2) is 4.79 Å².